The minimum absolute atomic E-state index is 0.0383. The van der Waals surface area contributed by atoms with Crippen molar-refractivity contribution in [3.05, 3.63) is 11.6 Å². The zero-order chi connectivity index (χ0) is 41.8. The molecule has 0 bridgehead atoms. The average Bonchev–Trinajstić information content (AvgIpc) is 3.15. The van der Waals surface area contributed by atoms with Gasteiger partial charge in [-0.05, 0) is 97.2 Å². The number of hydrogen-bond donors (Lipinski definition) is 10. The fourth-order valence-corrected chi connectivity index (χ4v) is 13.8. The van der Waals surface area contributed by atoms with Gasteiger partial charge in [-0.2, -0.15) is 0 Å². The normalized spacial score (nSPS) is 54.7. The number of aliphatic hydroxyl groups excluding tert-OH is 9. The quantitative estimate of drug-likeness (QED) is 0.120. The fourth-order valence-electron chi connectivity index (χ4n) is 13.8. The Hall–Kier alpha value is -1.31. The number of carbonyl (C=O) groups is 1. The van der Waals surface area contributed by atoms with Crippen molar-refractivity contribution in [3.63, 3.8) is 0 Å². The molecule has 326 valence electrons. The second-order valence-corrected chi connectivity index (χ2v) is 20.7. The molecule has 4 saturated carbocycles. The van der Waals surface area contributed by atoms with Crippen LogP contribution in [0.3, 0.4) is 0 Å². The minimum atomic E-state index is -1.81. The molecule has 7 aliphatic rings. The van der Waals surface area contributed by atoms with Crippen molar-refractivity contribution in [1.29, 1.82) is 0 Å². The lowest BCUT2D eigenvalue weighted by Crippen LogP contribution is -2.70. The number of carboxylic acids is 1. The number of aliphatic hydroxyl groups is 9. The molecule has 0 unspecified atom stereocenters. The first-order valence-corrected chi connectivity index (χ1v) is 21.1. The second-order valence-electron chi connectivity index (χ2n) is 20.7. The summed E-state index contributed by atoms with van der Waals surface area (Å²) in [5, 5.41) is 108. The molecule has 0 radical (unpaired) electrons. The molecule has 0 aromatic heterocycles. The first-order valence-electron chi connectivity index (χ1n) is 21.1. The van der Waals surface area contributed by atoms with E-state index in [-0.39, 0.29) is 40.6 Å². The van der Waals surface area contributed by atoms with E-state index in [1.165, 1.54) is 5.57 Å². The highest BCUT2D eigenvalue weighted by Gasteiger charge is 2.71. The van der Waals surface area contributed by atoms with Crippen LogP contribution in [-0.2, 0) is 23.7 Å². The van der Waals surface area contributed by atoms with E-state index in [1.807, 2.05) is 6.92 Å². The summed E-state index contributed by atoms with van der Waals surface area (Å²) in [4.78, 5) is 13.1. The average molecular weight is 813 g/mol. The Morgan fingerprint density at radius 3 is 1.98 bits per heavy atom. The first kappa shape index (κ1) is 43.8. The Labute approximate surface area is 335 Å². The van der Waals surface area contributed by atoms with Gasteiger partial charge >= 0.3 is 5.97 Å². The number of ether oxygens (including phenoxy) is 4. The van der Waals surface area contributed by atoms with Crippen LogP contribution in [-0.4, -0.2) is 150 Å². The maximum absolute atomic E-state index is 13.1. The van der Waals surface area contributed by atoms with E-state index in [1.54, 1.807) is 0 Å². The predicted molar refractivity (Wildman–Crippen MR) is 201 cm³/mol. The van der Waals surface area contributed by atoms with Gasteiger partial charge in [-0.3, -0.25) is 4.79 Å². The van der Waals surface area contributed by atoms with Gasteiger partial charge in [0, 0.05) is 5.41 Å². The van der Waals surface area contributed by atoms with Crippen molar-refractivity contribution in [2.75, 3.05) is 19.8 Å². The van der Waals surface area contributed by atoms with Crippen LogP contribution in [0.2, 0.25) is 0 Å². The van der Waals surface area contributed by atoms with Gasteiger partial charge in [0.15, 0.2) is 12.6 Å². The van der Waals surface area contributed by atoms with Crippen LogP contribution < -0.4 is 0 Å². The second kappa shape index (κ2) is 14.9. The largest absolute Gasteiger partial charge is 0.481 e. The summed E-state index contributed by atoms with van der Waals surface area (Å²) < 4.78 is 23.5. The molecule has 57 heavy (non-hydrogen) atoms. The molecule has 0 amide bonds. The van der Waals surface area contributed by atoms with E-state index in [0.717, 1.165) is 32.1 Å². The Morgan fingerprint density at radius 1 is 0.737 bits per heavy atom. The van der Waals surface area contributed by atoms with E-state index in [2.05, 4.69) is 40.7 Å². The molecule has 6 fully saturated rings. The van der Waals surface area contributed by atoms with Gasteiger partial charge in [0.05, 0.1) is 37.4 Å². The van der Waals surface area contributed by atoms with Crippen molar-refractivity contribution in [3.8, 4) is 0 Å². The minimum Gasteiger partial charge on any atom is -0.481 e. The highest BCUT2D eigenvalue weighted by Crippen LogP contribution is 2.76. The molecule has 20 atom stereocenters. The van der Waals surface area contributed by atoms with Crippen LogP contribution in [0, 0.1) is 50.2 Å². The van der Waals surface area contributed by atoms with Crippen molar-refractivity contribution in [2.24, 2.45) is 50.2 Å². The zero-order valence-corrected chi connectivity index (χ0v) is 34.2. The van der Waals surface area contributed by atoms with Gasteiger partial charge in [0.25, 0.3) is 0 Å². The molecule has 10 N–H and O–H groups in total. The fraction of sp³-hybridized carbons (Fsp3) is 0.929. The SMILES string of the molecule is CC1(C)CC[C@]2(C(=O)O)CC[C@]3(C)C(=CC[C@@H]4[C@@]5(C)C[C@H](O)[C@H](O[C@@H]6O[C@H](CO)[C@@H](O[C@@H]7O[C@H](CO)[C@@H](O)[C@H](O)[C@H]7O)[C@H](O)[C@H]6O)[C@@](C)(CO)[C@@H]5CC[C@]43C)[C@@H]2C1. The summed E-state index contributed by atoms with van der Waals surface area (Å²) >= 11 is 0. The maximum Gasteiger partial charge on any atom is 0.310 e. The summed E-state index contributed by atoms with van der Waals surface area (Å²) in [6.07, 6.45) is -9.67. The number of rotatable bonds is 8. The smallest absolute Gasteiger partial charge is 0.310 e. The third-order valence-corrected chi connectivity index (χ3v) is 17.4. The van der Waals surface area contributed by atoms with Crippen LogP contribution in [0.4, 0.5) is 0 Å². The Kier molecular flexibility index (Phi) is 11.5. The number of allylic oxidation sites excluding steroid dienone is 2. The third kappa shape index (κ3) is 6.43. The van der Waals surface area contributed by atoms with Crippen LogP contribution >= 0.6 is 0 Å². The van der Waals surface area contributed by atoms with Gasteiger partial charge in [-0.25, -0.2) is 0 Å². The van der Waals surface area contributed by atoms with Crippen molar-refractivity contribution >= 4 is 5.97 Å². The summed E-state index contributed by atoms with van der Waals surface area (Å²) in [5.41, 5.74) is -1.40. The van der Waals surface area contributed by atoms with E-state index in [0.29, 0.717) is 25.7 Å². The van der Waals surface area contributed by atoms with E-state index in [9.17, 15) is 55.9 Å². The van der Waals surface area contributed by atoms with E-state index in [4.69, 9.17) is 18.9 Å². The van der Waals surface area contributed by atoms with Gasteiger partial charge in [-0.15, -0.1) is 0 Å². The Morgan fingerprint density at radius 2 is 1.35 bits per heavy atom. The van der Waals surface area contributed by atoms with Crippen molar-refractivity contribution in [1.82, 2.24) is 0 Å². The first-order chi connectivity index (χ1) is 26.6. The predicted octanol–water partition coefficient (Wildman–Crippen LogP) is 0.825. The summed E-state index contributed by atoms with van der Waals surface area (Å²) in [5.74, 6) is -0.765. The van der Waals surface area contributed by atoms with Gasteiger partial charge < -0.3 is 70.0 Å². The number of hydrogen-bond acceptors (Lipinski definition) is 14. The summed E-state index contributed by atoms with van der Waals surface area (Å²) in [6, 6.07) is 0. The molecular formula is C42H68O15. The molecule has 15 nitrogen and oxygen atoms in total. The molecule has 2 saturated heterocycles. The lowest BCUT2D eigenvalue weighted by molar-refractivity contribution is -0.374. The van der Waals surface area contributed by atoms with Crippen molar-refractivity contribution < 1.29 is 74.8 Å². The number of fused-ring (bicyclic) bond motifs is 7. The van der Waals surface area contributed by atoms with Gasteiger partial charge in [-0.1, -0.05) is 53.2 Å². The lowest BCUT2D eigenvalue weighted by atomic mass is 9.33. The molecule has 0 aromatic carbocycles. The summed E-state index contributed by atoms with van der Waals surface area (Å²) in [7, 11) is 0. The Bertz CT molecular complexity index is 1540. The van der Waals surface area contributed by atoms with Crippen LogP contribution in [0.25, 0.3) is 0 Å². The zero-order valence-electron chi connectivity index (χ0n) is 34.2. The molecular weight excluding hydrogens is 744 g/mol. The maximum atomic E-state index is 13.1. The van der Waals surface area contributed by atoms with Crippen LogP contribution in [0.5, 0.6) is 0 Å². The van der Waals surface area contributed by atoms with Crippen LogP contribution in [0.1, 0.15) is 99.3 Å². The van der Waals surface area contributed by atoms with E-state index < -0.39 is 109 Å². The monoisotopic (exact) mass is 812 g/mol. The number of carboxylic acid groups (broad SMARTS) is 1. The molecule has 15 heteroatoms. The molecule has 5 aliphatic carbocycles. The summed E-state index contributed by atoms with van der Waals surface area (Å²) in [6.45, 7) is 11.5. The molecule has 0 spiro atoms. The third-order valence-electron chi connectivity index (χ3n) is 17.4. The lowest BCUT2D eigenvalue weighted by Gasteiger charge is -2.71. The molecule has 2 aliphatic heterocycles. The van der Waals surface area contributed by atoms with Gasteiger partial charge in [0.2, 0.25) is 0 Å². The number of aliphatic carboxylic acids is 1. The standard InChI is InChI=1S/C42H68O15/c1-37(2)11-13-42(36(52)53)14-12-40(5)20(21(42)15-37)7-8-26-38(3)16-22(46)33(39(4,19-45)25(38)9-10-41(26,40)6)57-35-31(51)29(49)32(24(18-44)55-35)56-34-30(50)28(48)27(47)23(17-43)54-34/h7,21-35,43-51H,8-19H2,1-6H3,(H,52,53)/t21-,22-,23+,24+,25+,26+,27+,28-,29+,30+,31+,32+,33-,34-,35-,38-,39-,40+,41+,42-/m0/s1. The van der Waals surface area contributed by atoms with Crippen molar-refractivity contribution in [2.45, 2.75) is 173 Å². The Balaban J connectivity index is 1.13. The molecule has 0 aromatic rings. The van der Waals surface area contributed by atoms with E-state index >= 15 is 0 Å². The molecule has 2 heterocycles. The van der Waals surface area contributed by atoms with Gasteiger partial charge in [0.1, 0.15) is 48.8 Å². The molecule has 7 rings (SSSR count). The highest BCUT2D eigenvalue weighted by atomic mass is 16.7. The topological polar surface area (TPSA) is 256 Å². The van der Waals surface area contributed by atoms with Crippen LogP contribution in [0.15, 0.2) is 11.6 Å². The highest BCUT2D eigenvalue weighted by molar-refractivity contribution is 5.76.